The van der Waals surface area contributed by atoms with E-state index in [1.165, 1.54) is 32.4 Å². The van der Waals surface area contributed by atoms with Crippen LogP contribution in [-0.4, -0.2) is 29.8 Å². The molecule has 18 heavy (non-hydrogen) atoms. The molecule has 0 N–H and O–H groups in total. The number of rotatable bonds is 4. The van der Waals surface area contributed by atoms with Gasteiger partial charge in [0.05, 0.1) is 0 Å². The van der Waals surface area contributed by atoms with Crippen LogP contribution in [0.5, 0.6) is 0 Å². The molecule has 1 fully saturated rings. The smallest absolute Gasteiger partial charge is 0.130 e. The summed E-state index contributed by atoms with van der Waals surface area (Å²) in [5, 5.41) is 0. The second-order valence-corrected chi connectivity index (χ2v) is 6.07. The summed E-state index contributed by atoms with van der Waals surface area (Å²) in [6, 6.07) is 0.650. The molecular weight excluding hydrogens is 222 g/mol. The highest BCUT2D eigenvalue weighted by Crippen LogP contribution is 2.38. The molecule has 108 valence electrons. The largest absolute Gasteiger partial charge is 0.301 e. The maximum Gasteiger partial charge on any atom is 0.130 e. The second kappa shape index (κ2) is 8.68. The molecule has 0 aromatic carbocycles. The van der Waals surface area contributed by atoms with Gasteiger partial charge in [0.25, 0.3) is 0 Å². The van der Waals surface area contributed by atoms with Crippen molar-refractivity contribution >= 4 is 5.78 Å². The van der Waals surface area contributed by atoms with Crippen molar-refractivity contribution in [2.75, 3.05) is 13.1 Å². The lowest BCUT2D eigenvalue weighted by Gasteiger charge is -2.42. The van der Waals surface area contributed by atoms with Crippen molar-refractivity contribution in [1.82, 2.24) is 4.90 Å². The summed E-state index contributed by atoms with van der Waals surface area (Å²) in [6.45, 7) is 15.0. The van der Waals surface area contributed by atoms with E-state index in [0.717, 1.165) is 12.8 Å². The van der Waals surface area contributed by atoms with Crippen LogP contribution in [-0.2, 0) is 4.79 Å². The van der Waals surface area contributed by atoms with E-state index >= 15 is 0 Å². The van der Waals surface area contributed by atoms with Crippen LogP contribution in [0.4, 0.5) is 0 Å². The van der Waals surface area contributed by atoms with E-state index in [9.17, 15) is 4.79 Å². The van der Waals surface area contributed by atoms with Gasteiger partial charge >= 0.3 is 0 Å². The number of nitrogens with zero attached hydrogens (tertiary/aromatic N) is 1. The van der Waals surface area contributed by atoms with E-state index < -0.39 is 0 Å². The van der Waals surface area contributed by atoms with E-state index in [1.807, 2.05) is 0 Å². The fourth-order valence-corrected chi connectivity index (χ4v) is 2.70. The monoisotopic (exact) mass is 255 g/mol. The molecule has 0 aliphatic carbocycles. The molecule has 1 saturated heterocycles. The van der Waals surface area contributed by atoms with Crippen LogP contribution in [0.15, 0.2) is 0 Å². The van der Waals surface area contributed by atoms with Crippen molar-refractivity contribution in [3.8, 4) is 0 Å². The van der Waals surface area contributed by atoms with Crippen molar-refractivity contribution < 1.29 is 4.79 Å². The third kappa shape index (κ3) is 5.99. The Kier molecular flexibility index (Phi) is 8.51. The number of likely N-dealkylation sites (tertiary alicyclic amines) is 1. The number of hydrogen-bond donors (Lipinski definition) is 0. The van der Waals surface area contributed by atoms with Crippen LogP contribution >= 0.6 is 0 Å². The Morgan fingerprint density at radius 2 is 1.61 bits per heavy atom. The SMILES string of the molecule is CCC.CCC1(CC(C)=O)CCN(C(C)C)CC1. The molecule has 0 amide bonds. The van der Waals surface area contributed by atoms with Crippen LogP contribution < -0.4 is 0 Å². The Morgan fingerprint density at radius 1 is 1.17 bits per heavy atom. The molecule has 0 bridgehead atoms. The number of Topliss-reactive ketones (excluding diaryl/α,β-unsaturated/α-hetero) is 1. The average molecular weight is 255 g/mol. The third-order valence-electron chi connectivity index (χ3n) is 3.96. The summed E-state index contributed by atoms with van der Waals surface area (Å²) in [4.78, 5) is 13.8. The van der Waals surface area contributed by atoms with Crippen molar-refractivity contribution in [2.45, 2.75) is 79.7 Å². The molecule has 0 spiro atoms. The molecule has 1 aliphatic rings. The van der Waals surface area contributed by atoms with Gasteiger partial charge in [0.15, 0.2) is 0 Å². The first-order valence-corrected chi connectivity index (χ1v) is 7.64. The van der Waals surface area contributed by atoms with Gasteiger partial charge in [0.1, 0.15) is 5.78 Å². The number of carbonyl (C=O) groups is 1. The average Bonchev–Trinajstić information content (AvgIpc) is 2.30. The molecule has 0 aromatic heterocycles. The Balaban J connectivity index is 0.000000873. The minimum atomic E-state index is 0.317. The van der Waals surface area contributed by atoms with Crippen LogP contribution in [0.3, 0.4) is 0 Å². The molecule has 0 unspecified atom stereocenters. The van der Waals surface area contributed by atoms with Gasteiger partial charge in [-0.3, -0.25) is 0 Å². The summed E-state index contributed by atoms with van der Waals surface area (Å²) in [5.41, 5.74) is 0.317. The first kappa shape index (κ1) is 17.6. The fraction of sp³-hybridized carbons (Fsp3) is 0.938. The zero-order valence-corrected chi connectivity index (χ0v) is 13.4. The lowest BCUT2D eigenvalue weighted by molar-refractivity contribution is -0.120. The maximum absolute atomic E-state index is 11.3. The quantitative estimate of drug-likeness (QED) is 0.747. The van der Waals surface area contributed by atoms with E-state index in [-0.39, 0.29) is 0 Å². The summed E-state index contributed by atoms with van der Waals surface area (Å²) in [6.07, 6.45) is 5.58. The lowest BCUT2D eigenvalue weighted by Crippen LogP contribution is -2.43. The molecule has 2 heteroatoms. The third-order valence-corrected chi connectivity index (χ3v) is 3.96. The van der Waals surface area contributed by atoms with Gasteiger partial charge in [-0.25, -0.2) is 0 Å². The number of carbonyl (C=O) groups excluding carboxylic acids is 1. The number of piperidine rings is 1. The van der Waals surface area contributed by atoms with Crippen LogP contribution in [0, 0.1) is 5.41 Å². The summed E-state index contributed by atoms with van der Waals surface area (Å²) in [5.74, 6) is 0.356. The van der Waals surface area contributed by atoms with Crippen LogP contribution in [0.25, 0.3) is 0 Å². The van der Waals surface area contributed by atoms with Crippen LogP contribution in [0.1, 0.15) is 73.6 Å². The normalized spacial score (nSPS) is 19.3. The zero-order chi connectivity index (χ0) is 14.2. The molecular formula is C16H33NO. The van der Waals surface area contributed by atoms with Gasteiger partial charge in [-0.05, 0) is 58.5 Å². The Hall–Kier alpha value is -0.370. The van der Waals surface area contributed by atoms with Gasteiger partial charge < -0.3 is 9.69 Å². The summed E-state index contributed by atoms with van der Waals surface area (Å²) >= 11 is 0. The first-order valence-electron chi connectivity index (χ1n) is 7.64. The number of ketones is 1. The molecule has 0 saturated carbocycles. The van der Waals surface area contributed by atoms with Crippen LogP contribution in [0.2, 0.25) is 0 Å². The van der Waals surface area contributed by atoms with Gasteiger partial charge in [-0.1, -0.05) is 27.2 Å². The molecule has 2 nitrogen and oxygen atoms in total. The molecule has 1 rings (SSSR count). The van der Waals surface area contributed by atoms with Crippen molar-refractivity contribution in [1.29, 1.82) is 0 Å². The molecule has 1 aliphatic heterocycles. The summed E-state index contributed by atoms with van der Waals surface area (Å²) < 4.78 is 0. The molecule has 0 aromatic rings. The highest BCUT2D eigenvalue weighted by Gasteiger charge is 2.34. The fourth-order valence-electron chi connectivity index (χ4n) is 2.70. The molecule has 0 radical (unpaired) electrons. The van der Waals surface area contributed by atoms with Gasteiger partial charge in [0.2, 0.25) is 0 Å². The van der Waals surface area contributed by atoms with E-state index in [2.05, 4.69) is 39.5 Å². The predicted molar refractivity (Wildman–Crippen MR) is 79.9 cm³/mol. The topological polar surface area (TPSA) is 20.3 Å². The highest BCUT2D eigenvalue weighted by molar-refractivity contribution is 5.76. The van der Waals surface area contributed by atoms with Crippen molar-refractivity contribution in [3.05, 3.63) is 0 Å². The standard InChI is InChI=1S/C13H25NO.C3H8/c1-5-13(10-12(4)15)6-8-14(9-7-13)11(2)3;1-3-2/h11H,5-10H2,1-4H3;3H2,1-2H3. The van der Waals surface area contributed by atoms with Gasteiger partial charge in [-0.15, -0.1) is 0 Å². The Morgan fingerprint density at radius 3 is 1.89 bits per heavy atom. The molecule has 1 heterocycles. The summed E-state index contributed by atoms with van der Waals surface area (Å²) in [7, 11) is 0. The second-order valence-electron chi connectivity index (χ2n) is 6.07. The van der Waals surface area contributed by atoms with E-state index in [1.54, 1.807) is 6.92 Å². The lowest BCUT2D eigenvalue weighted by atomic mass is 9.72. The minimum Gasteiger partial charge on any atom is -0.301 e. The maximum atomic E-state index is 11.3. The first-order chi connectivity index (χ1) is 8.40. The van der Waals surface area contributed by atoms with E-state index in [4.69, 9.17) is 0 Å². The zero-order valence-electron chi connectivity index (χ0n) is 13.4. The highest BCUT2D eigenvalue weighted by atomic mass is 16.1. The Labute approximate surface area is 114 Å². The van der Waals surface area contributed by atoms with Gasteiger partial charge in [-0.2, -0.15) is 0 Å². The van der Waals surface area contributed by atoms with Crippen molar-refractivity contribution in [2.24, 2.45) is 5.41 Å². The van der Waals surface area contributed by atoms with Gasteiger partial charge in [0, 0.05) is 12.5 Å². The van der Waals surface area contributed by atoms with Crippen molar-refractivity contribution in [3.63, 3.8) is 0 Å². The Bertz CT molecular complexity index is 227. The van der Waals surface area contributed by atoms with E-state index in [0.29, 0.717) is 17.2 Å². The predicted octanol–water partition coefficient (Wildman–Crippen LogP) is 4.28. The minimum absolute atomic E-state index is 0.317. The molecule has 0 atom stereocenters. The number of hydrogen-bond acceptors (Lipinski definition) is 2.